The van der Waals surface area contributed by atoms with E-state index in [-0.39, 0.29) is 23.8 Å². The molecule has 21 heavy (non-hydrogen) atoms. The van der Waals surface area contributed by atoms with Gasteiger partial charge in [0.15, 0.2) is 0 Å². The van der Waals surface area contributed by atoms with Crippen molar-refractivity contribution >= 4 is 11.6 Å². The third-order valence-corrected chi connectivity index (χ3v) is 3.83. The number of ether oxygens (including phenoxy) is 1. The predicted octanol–water partition coefficient (Wildman–Crippen LogP) is 2.17. The maximum Gasteiger partial charge on any atom is 0.251 e. The van der Waals surface area contributed by atoms with Crippen molar-refractivity contribution in [2.24, 2.45) is 0 Å². The molecular formula is C16H16N2O3. The van der Waals surface area contributed by atoms with Crippen LogP contribution in [0.3, 0.4) is 0 Å². The first-order chi connectivity index (χ1) is 10.1. The zero-order valence-electron chi connectivity index (χ0n) is 11.9. The van der Waals surface area contributed by atoms with Gasteiger partial charge in [-0.2, -0.15) is 0 Å². The summed E-state index contributed by atoms with van der Waals surface area (Å²) < 4.78 is 5.29. The van der Waals surface area contributed by atoms with Crippen molar-refractivity contribution in [3.63, 3.8) is 0 Å². The number of hydrogen-bond acceptors (Lipinski definition) is 3. The van der Waals surface area contributed by atoms with Crippen molar-refractivity contribution in [3.8, 4) is 5.75 Å². The van der Waals surface area contributed by atoms with Crippen LogP contribution in [-0.2, 0) is 4.79 Å². The molecule has 5 nitrogen and oxygen atoms in total. The van der Waals surface area contributed by atoms with Gasteiger partial charge in [0.1, 0.15) is 5.75 Å². The Morgan fingerprint density at radius 3 is 2.76 bits per heavy atom. The quantitative estimate of drug-likeness (QED) is 0.887. The van der Waals surface area contributed by atoms with Gasteiger partial charge >= 0.3 is 0 Å². The van der Waals surface area contributed by atoms with Crippen LogP contribution in [0.4, 0.5) is 5.69 Å². The fourth-order valence-electron chi connectivity index (χ4n) is 2.81. The smallest absolute Gasteiger partial charge is 0.251 e. The summed E-state index contributed by atoms with van der Waals surface area (Å²) in [6.45, 7) is 1.95. The molecule has 1 aromatic heterocycles. The van der Waals surface area contributed by atoms with Crippen LogP contribution in [-0.4, -0.2) is 18.0 Å². The molecular weight excluding hydrogens is 268 g/mol. The van der Waals surface area contributed by atoms with Crippen LogP contribution in [0, 0.1) is 6.92 Å². The van der Waals surface area contributed by atoms with Crippen LogP contribution < -0.4 is 15.6 Å². The molecule has 2 aromatic rings. The van der Waals surface area contributed by atoms with E-state index in [1.165, 1.54) is 0 Å². The van der Waals surface area contributed by atoms with E-state index in [4.69, 9.17) is 4.74 Å². The van der Waals surface area contributed by atoms with Crippen molar-refractivity contribution in [3.05, 3.63) is 57.5 Å². The highest BCUT2D eigenvalue weighted by Gasteiger charge is 2.29. The molecule has 0 saturated heterocycles. The maximum atomic E-state index is 12.0. The number of hydrogen-bond donors (Lipinski definition) is 2. The lowest BCUT2D eigenvalue weighted by Gasteiger charge is -2.26. The molecule has 0 aliphatic carbocycles. The Bertz CT molecular complexity index is 764. The minimum atomic E-state index is -0.233. The number of nitrogens with one attached hydrogen (secondary N) is 2. The van der Waals surface area contributed by atoms with Crippen LogP contribution in [0.1, 0.15) is 29.0 Å². The van der Waals surface area contributed by atoms with Crippen LogP contribution in [0.5, 0.6) is 5.75 Å². The fraction of sp³-hybridized carbons (Fsp3) is 0.250. The molecule has 0 bridgehead atoms. The second kappa shape index (κ2) is 5.09. The number of pyridine rings is 1. The monoisotopic (exact) mass is 284 g/mol. The average molecular weight is 284 g/mol. The highest BCUT2D eigenvalue weighted by Crippen LogP contribution is 2.39. The van der Waals surface area contributed by atoms with E-state index in [0.717, 1.165) is 16.9 Å². The second-order valence-electron chi connectivity index (χ2n) is 5.17. The Balaban J connectivity index is 2.18. The van der Waals surface area contributed by atoms with Gasteiger partial charge in [-0.15, -0.1) is 0 Å². The van der Waals surface area contributed by atoms with Gasteiger partial charge in [-0.1, -0.05) is 6.07 Å². The SMILES string of the molecule is COc1cc2c(cc1C)C(c1ccc[nH]c1=O)CC(=O)N2. The number of methoxy groups -OCH3 is 1. The van der Waals surface area contributed by atoms with E-state index in [1.54, 1.807) is 25.4 Å². The summed E-state index contributed by atoms with van der Waals surface area (Å²) in [5.41, 5.74) is 3.09. The molecule has 0 radical (unpaired) electrons. The summed E-state index contributed by atoms with van der Waals surface area (Å²) in [6.07, 6.45) is 1.86. The first kappa shape index (κ1) is 13.4. The van der Waals surface area contributed by atoms with Gasteiger partial charge in [-0.05, 0) is 30.2 Å². The third kappa shape index (κ3) is 2.31. The summed E-state index contributed by atoms with van der Waals surface area (Å²) in [6, 6.07) is 7.33. The molecule has 5 heteroatoms. The molecule has 0 spiro atoms. The first-order valence-electron chi connectivity index (χ1n) is 6.76. The lowest BCUT2D eigenvalue weighted by atomic mass is 9.84. The number of carbonyl (C=O) groups excluding carboxylic acids is 1. The Hall–Kier alpha value is -2.56. The number of aryl methyl sites for hydroxylation is 1. The fourth-order valence-corrected chi connectivity index (χ4v) is 2.81. The third-order valence-electron chi connectivity index (χ3n) is 3.83. The first-order valence-corrected chi connectivity index (χ1v) is 6.76. The number of aromatic amines is 1. The molecule has 0 fully saturated rings. The number of fused-ring (bicyclic) bond motifs is 1. The van der Waals surface area contributed by atoms with E-state index in [0.29, 0.717) is 11.3 Å². The molecule has 1 amide bonds. The highest BCUT2D eigenvalue weighted by molar-refractivity contribution is 5.95. The molecule has 1 atom stereocenters. The van der Waals surface area contributed by atoms with Crippen LogP contribution in [0.2, 0.25) is 0 Å². The van der Waals surface area contributed by atoms with Crippen molar-refractivity contribution < 1.29 is 9.53 Å². The van der Waals surface area contributed by atoms with E-state index in [9.17, 15) is 9.59 Å². The second-order valence-corrected chi connectivity index (χ2v) is 5.17. The zero-order valence-corrected chi connectivity index (χ0v) is 11.9. The highest BCUT2D eigenvalue weighted by atomic mass is 16.5. The molecule has 0 saturated carbocycles. The lowest BCUT2D eigenvalue weighted by molar-refractivity contribution is -0.116. The number of anilines is 1. The number of amides is 1. The summed E-state index contributed by atoms with van der Waals surface area (Å²) in [5, 5.41) is 2.85. The zero-order chi connectivity index (χ0) is 15.0. The summed E-state index contributed by atoms with van der Waals surface area (Å²) in [5.74, 6) is 0.390. The number of aromatic nitrogens is 1. The lowest BCUT2D eigenvalue weighted by Crippen LogP contribution is -2.27. The summed E-state index contributed by atoms with van der Waals surface area (Å²) in [7, 11) is 1.60. The van der Waals surface area contributed by atoms with Crippen molar-refractivity contribution in [1.82, 2.24) is 4.98 Å². The molecule has 1 aliphatic heterocycles. The van der Waals surface area contributed by atoms with Crippen molar-refractivity contribution in [1.29, 1.82) is 0 Å². The summed E-state index contributed by atoms with van der Waals surface area (Å²) >= 11 is 0. The molecule has 2 heterocycles. The van der Waals surface area contributed by atoms with Crippen LogP contribution in [0.15, 0.2) is 35.3 Å². The minimum Gasteiger partial charge on any atom is -0.496 e. The van der Waals surface area contributed by atoms with Gasteiger partial charge in [0.2, 0.25) is 5.91 Å². The molecule has 1 aromatic carbocycles. The molecule has 1 unspecified atom stereocenters. The van der Waals surface area contributed by atoms with E-state index in [1.807, 2.05) is 19.1 Å². The molecule has 1 aliphatic rings. The molecule has 2 N–H and O–H groups in total. The standard InChI is InChI=1S/C16H16N2O3/c1-9-6-12-11(10-4-3-5-17-16(10)20)7-15(19)18-13(12)8-14(9)21-2/h3-6,8,11H,7H2,1-2H3,(H,17,20)(H,18,19). The Morgan fingerprint density at radius 1 is 1.24 bits per heavy atom. The predicted molar refractivity (Wildman–Crippen MR) is 79.9 cm³/mol. The maximum absolute atomic E-state index is 12.0. The van der Waals surface area contributed by atoms with Gasteiger partial charge in [-0.3, -0.25) is 9.59 Å². The van der Waals surface area contributed by atoms with Crippen LogP contribution >= 0.6 is 0 Å². The number of carbonyl (C=O) groups is 1. The van der Waals surface area contributed by atoms with Gasteiger partial charge in [0.25, 0.3) is 5.56 Å². The van der Waals surface area contributed by atoms with Crippen molar-refractivity contribution in [2.45, 2.75) is 19.3 Å². The Morgan fingerprint density at radius 2 is 2.05 bits per heavy atom. The average Bonchev–Trinajstić information content (AvgIpc) is 2.47. The molecule has 3 rings (SSSR count). The van der Waals surface area contributed by atoms with Crippen LogP contribution in [0.25, 0.3) is 0 Å². The Labute approximate surface area is 122 Å². The van der Waals surface area contributed by atoms with E-state index >= 15 is 0 Å². The minimum absolute atomic E-state index is 0.0957. The largest absolute Gasteiger partial charge is 0.496 e. The molecule has 108 valence electrons. The van der Waals surface area contributed by atoms with E-state index in [2.05, 4.69) is 10.3 Å². The summed E-state index contributed by atoms with van der Waals surface area (Å²) in [4.78, 5) is 26.6. The normalized spacial score (nSPS) is 17.0. The van der Waals surface area contributed by atoms with Gasteiger partial charge in [0.05, 0.1) is 7.11 Å². The number of rotatable bonds is 2. The van der Waals surface area contributed by atoms with Gasteiger partial charge in [-0.25, -0.2) is 0 Å². The topological polar surface area (TPSA) is 71.2 Å². The Kier molecular flexibility index (Phi) is 3.25. The number of H-pyrrole nitrogens is 1. The van der Waals surface area contributed by atoms with Gasteiger partial charge < -0.3 is 15.0 Å². The van der Waals surface area contributed by atoms with Gasteiger partial charge in [0, 0.05) is 35.9 Å². The number of benzene rings is 1. The van der Waals surface area contributed by atoms with Crippen molar-refractivity contribution in [2.75, 3.05) is 12.4 Å². The van der Waals surface area contributed by atoms with E-state index < -0.39 is 0 Å².